The van der Waals surface area contributed by atoms with E-state index in [1.54, 1.807) is 39.2 Å². The summed E-state index contributed by atoms with van der Waals surface area (Å²) in [5.41, 5.74) is 0.629. The van der Waals surface area contributed by atoms with Crippen LogP contribution in [0.5, 0.6) is 11.5 Å². The standard InChI is InChI=1S/C28H28O6/c1-28(2,30)26-25(21-11-7-8-12-22(21)27(29)34-26)20-13-14-23(24(17-20)31-3)33-16-15-32-18-19-9-5-4-6-10-19/h4-14,17,30H,15-16,18H2,1-3H3. The quantitative estimate of drug-likeness (QED) is 0.342. The summed E-state index contributed by atoms with van der Waals surface area (Å²) < 4.78 is 22.7. The minimum Gasteiger partial charge on any atom is -0.493 e. The highest BCUT2D eigenvalue weighted by Crippen LogP contribution is 2.39. The van der Waals surface area contributed by atoms with Gasteiger partial charge in [-0.3, -0.25) is 0 Å². The Balaban J connectivity index is 1.59. The minimum absolute atomic E-state index is 0.196. The molecule has 1 N–H and O–H groups in total. The first kappa shape index (κ1) is 23.5. The van der Waals surface area contributed by atoms with Crippen LogP contribution in [0.3, 0.4) is 0 Å². The van der Waals surface area contributed by atoms with Crippen LogP contribution < -0.4 is 15.1 Å². The van der Waals surface area contributed by atoms with E-state index < -0.39 is 11.2 Å². The Kier molecular flexibility index (Phi) is 7.01. The van der Waals surface area contributed by atoms with E-state index in [2.05, 4.69) is 0 Å². The summed E-state index contributed by atoms with van der Waals surface area (Å²) in [4.78, 5) is 12.5. The van der Waals surface area contributed by atoms with Gasteiger partial charge in [0.15, 0.2) is 11.5 Å². The van der Waals surface area contributed by atoms with Crippen LogP contribution >= 0.6 is 0 Å². The van der Waals surface area contributed by atoms with Crippen molar-refractivity contribution in [3.05, 3.63) is 94.5 Å². The van der Waals surface area contributed by atoms with Crippen LogP contribution in [0, 0.1) is 0 Å². The van der Waals surface area contributed by atoms with Gasteiger partial charge in [-0.05, 0) is 43.2 Å². The lowest BCUT2D eigenvalue weighted by Gasteiger charge is -2.21. The number of ether oxygens (including phenoxy) is 3. The van der Waals surface area contributed by atoms with E-state index in [0.29, 0.717) is 47.7 Å². The Bertz CT molecular complexity index is 1320. The molecule has 6 heteroatoms. The Morgan fingerprint density at radius 2 is 1.59 bits per heavy atom. The molecule has 0 saturated heterocycles. The summed E-state index contributed by atoms with van der Waals surface area (Å²) in [5.74, 6) is 1.29. The lowest BCUT2D eigenvalue weighted by Crippen LogP contribution is -2.20. The first-order valence-corrected chi connectivity index (χ1v) is 11.1. The van der Waals surface area contributed by atoms with Crippen molar-refractivity contribution in [3.8, 4) is 22.6 Å². The molecule has 0 bridgehead atoms. The topological polar surface area (TPSA) is 78.1 Å². The van der Waals surface area contributed by atoms with Gasteiger partial charge in [0, 0.05) is 10.9 Å². The van der Waals surface area contributed by atoms with E-state index in [-0.39, 0.29) is 5.76 Å². The fraction of sp³-hybridized carbons (Fsp3) is 0.250. The maximum Gasteiger partial charge on any atom is 0.343 e. The second-order valence-electron chi connectivity index (χ2n) is 8.45. The molecule has 0 radical (unpaired) electrons. The Labute approximate surface area is 198 Å². The third kappa shape index (κ3) is 5.14. The Morgan fingerprint density at radius 1 is 0.882 bits per heavy atom. The molecule has 4 aromatic rings. The molecule has 0 fully saturated rings. The molecule has 0 atom stereocenters. The van der Waals surface area contributed by atoms with E-state index >= 15 is 0 Å². The molecule has 1 aromatic heterocycles. The summed E-state index contributed by atoms with van der Waals surface area (Å²) in [6.07, 6.45) is 0. The fourth-order valence-corrected chi connectivity index (χ4v) is 3.83. The van der Waals surface area contributed by atoms with Gasteiger partial charge in [0.2, 0.25) is 0 Å². The van der Waals surface area contributed by atoms with Crippen molar-refractivity contribution < 1.29 is 23.7 Å². The molecule has 6 nitrogen and oxygen atoms in total. The van der Waals surface area contributed by atoms with Gasteiger partial charge in [-0.1, -0.05) is 54.6 Å². The molecular weight excluding hydrogens is 432 g/mol. The van der Waals surface area contributed by atoms with Crippen molar-refractivity contribution in [1.29, 1.82) is 0 Å². The zero-order chi connectivity index (χ0) is 24.1. The maximum absolute atomic E-state index is 12.5. The summed E-state index contributed by atoms with van der Waals surface area (Å²) in [5, 5.41) is 11.9. The summed E-state index contributed by atoms with van der Waals surface area (Å²) in [6.45, 7) is 4.49. The summed E-state index contributed by atoms with van der Waals surface area (Å²) >= 11 is 0. The number of benzene rings is 3. The molecule has 0 aliphatic rings. The second kappa shape index (κ2) is 10.1. The maximum atomic E-state index is 12.5. The van der Waals surface area contributed by atoms with Gasteiger partial charge in [0.25, 0.3) is 0 Å². The Morgan fingerprint density at radius 3 is 2.29 bits per heavy atom. The van der Waals surface area contributed by atoms with Crippen molar-refractivity contribution in [1.82, 2.24) is 0 Å². The molecule has 4 rings (SSSR count). The minimum atomic E-state index is -1.36. The van der Waals surface area contributed by atoms with E-state index in [4.69, 9.17) is 18.6 Å². The lowest BCUT2D eigenvalue weighted by molar-refractivity contribution is 0.0521. The van der Waals surface area contributed by atoms with Crippen molar-refractivity contribution in [2.45, 2.75) is 26.1 Å². The predicted molar refractivity (Wildman–Crippen MR) is 131 cm³/mol. The normalized spacial score (nSPS) is 11.5. The number of hydrogen-bond donors (Lipinski definition) is 1. The molecule has 0 aliphatic heterocycles. The van der Waals surface area contributed by atoms with Crippen LogP contribution in [0.1, 0.15) is 25.2 Å². The van der Waals surface area contributed by atoms with Gasteiger partial charge in [0.05, 0.1) is 25.7 Å². The van der Waals surface area contributed by atoms with E-state index in [1.165, 1.54) is 0 Å². The zero-order valence-corrected chi connectivity index (χ0v) is 19.5. The fourth-order valence-electron chi connectivity index (χ4n) is 3.83. The molecule has 34 heavy (non-hydrogen) atoms. The largest absolute Gasteiger partial charge is 0.493 e. The van der Waals surface area contributed by atoms with Gasteiger partial charge in [-0.15, -0.1) is 0 Å². The number of fused-ring (bicyclic) bond motifs is 1. The average Bonchev–Trinajstić information content (AvgIpc) is 2.84. The SMILES string of the molecule is COc1cc(-c2c(C(C)(C)O)oc(=O)c3ccccc23)ccc1OCCOCc1ccccc1. The first-order valence-electron chi connectivity index (χ1n) is 11.1. The van der Waals surface area contributed by atoms with Gasteiger partial charge in [0.1, 0.15) is 18.0 Å². The van der Waals surface area contributed by atoms with E-state index in [9.17, 15) is 9.90 Å². The van der Waals surface area contributed by atoms with Crippen LogP contribution in [0.4, 0.5) is 0 Å². The molecule has 0 spiro atoms. The van der Waals surface area contributed by atoms with Crippen LogP contribution in [0.25, 0.3) is 21.9 Å². The second-order valence-corrected chi connectivity index (χ2v) is 8.45. The highest BCUT2D eigenvalue weighted by atomic mass is 16.5. The van der Waals surface area contributed by atoms with Crippen LogP contribution in [0.15, 0.2) is 82.0 Å². The van der Waals surface area contributed by atoms with Gasteiger partial charge in [-0.2, -0.15) is 0 Å². The predicted octanol–water partition coefficient (Wildman–Crippen LogP) is 5.29. The summed E-state index contributed by atoms with van der Waals surface area (Å²) in [6, 6.07) is 22.6. The van der Waals surface area contributed by atoms with Crippen LogP contribution in [0.2, 0.25) is 0 Å². The number of methoxy groups -OCH3 is 1. The van der Waals surface area contributed by atoms with Crippen LogP contribution in [-0.4, -0.2) is 25.4 Å². The van der Waals surface area contributed by atoms with Gasteiger partial charge in [-0.25, -0.2) is 4.79 Å². The van der Waals surface area contributed by atoms with Crippen molar-refractivity contribution in [3.63, 3.8) is 0 Å². The zero-order valence-electron chi connectivity index (χ0n) is 19.5. The third-order valence-electron chi connectivity index (χ3n) is 5.44. The van der Waals surface area contributed by atoms with Crippen molar-refractivity contribution >= 4 is 10.8 Å². The molecule has 0 amide bonds. The molecule has 3 aromatic carbocycles. The summed E-state index contributed by atoms with van der Waals surface area (Å²) in [7, 11) is 1.57. The highest BCUT2D eigenvalue weighted by molar-refractivity contribution is 5.97. The molecule has 0 saturated carbocycles. The number of rotatable bonds is 9. The molecule has 0 aliphatic carbocycles. The highest BCUT2D eigenvalue weighted by Gasteiger charge is 2.27. The van der Waals surface area contributed by atoms with Gasteiger partial charge >= 0.3 is 5.63 Å². The third-order valence-corrected chi connectivity index (χ3v) is 5.44. The number of aliphatic hydroxyl groups is 1. The molecule has 0 unspecified atom stereocenters. The van der Waals surface area contributed by atoms with Crippen molar-refractivity contribution in [2.24, 2.45) is 0 Å². The van der Waals surface area contributed by atoms with Gasteiger partial charge < -0.3 is 23.7 Å². The van der Waals surface area contributed by atoms with Crippen molar-refractivity contribution in [2.75, 3.05) is 20.3 Å². The van der Waals surface area contributed by atoms with E-state index in [0.717, 1.165) is 11.1 Å². The van der Waals surface area contributed by atoms with Crippen LogP contribution in [-0.2, 0) is 16.9 Å². The molecule has 176 valence electrons. The first-order chi connectivity index (χ1) is 16.4. The smallest absolute Gasteiger partial charge is 0.343 e. The molecular formula is C28H28O6. The average molecular weight is 461 g/mol. The lowest BCUT2D eigenvalue weighted by atomic mass is 9.92. The number of hydrogen-bond acceptors (Lipinski definition) is 6. The van der Waals surface area contributed by atoms with E-state index in [1.807, 2.05) is 54.6 Å². The Hall–Kier alpha value is -3.61. The molecule has 1 heterocycles. The monoisotopic (exact) mass is 460 g/mol.